The molecular weight excluding hydrogens is 241 g/mol. The maximum absolute atomic E-state index is 13.8. The molecule has 0 saturated heterocycles. The van der Waals surface area contributed by atoms with Gasteiger partial charge >= 0.3 is 0 Å². The monoisotopic (exact) mass is 257 g/mol. The van der Waals surface area contributed by atoms with Gasteiger partial charge in [-0.2, -0.15) is 0 Å². The lowest BCUT2D eigenvalue weighted by atomic mass is 9.80. The molecule has 1 aliphatic rings. The Bertz CT molecular complexity index is 606. The van der Waals surface area contributed by atoms with Gasteiger partial charge in [-0.05, 0) is 38.0 Å². The van der Waals surface area contributed by atoms with Gasteiger partial charge < -0.3 is 5.73 Å². The summed E-state index contributed by atoms with van der Waals surface area (Å²) < 4.78 is 13.8. The number of hydrogen-bond acceptors (Lipinski definition) is 3. The minimum atomic E-state index is -0.253. The lowest BCUT2D eigenvalue weighted by Gasteiger charge is -2.31. The summed E-state index contributed by atoms with van der Waals surface area (Å²) in [7, 11) is 0. The molecule has 2 aromatic rings. The molecule has 0 bridgehead atoms. The predicted molar refractivity (Wildman–Crippen MR) is 72.1 cm³/mol. The van der Waals surface area contributed by atoms with E-state index < -0.39 is 0 Å². The van der Waals surface area contributed by atoms with Gasteiger partial charge in [0, 0.05) is 23.2 Å². The average molecular weight is 257 g/mol. The molecule has 3 rings (SSSR count). The number of benzene rings is 1. The highest BCUT2D eigenvalue weighted by Crippen LogP contribution is 2.34. The number of rotatable bonds is 2. The molecule has 3 nitrogen and oxygen atoms in total. The highest BCUT2D eigenvalue weighted by Gasteiger charge is 2.30. The third kappa shape index (κ3) is 2.36. The summed E-state index contributed by atoms with van der Waals surface area (Å²) >= 11 is 0. The quantitative estimate of drug-likeness (QED) is 0.900. The number of aryl methyl sites for hydroxylation is 1. The predicted octanol–water partition coefficient (Wildman–Crippen LogP) is 2.80. The Morgan fingerprint density at radius 2 is 1.95 bits per heavy atom. The van der Waals surface area contributed by atoms with Gasteiger partial charge in [-0.15, -0.1) is 0 Å². The van der Waals surface area contributed by atoms with Crippen LogP contribution in [0.5, 0.6) is 0 Å². The van der Waals surface area contributed by atoms with Crippen molar-refractivity contribution in [3.63, 3.8) is 0 Å². The van der Waals surface area contributed by atoms with E-state index in [2.05, 4.69) is 9.97 Å². The first-order valence-electron chi connectivity index (χ1n) is 6.49. The summed E-state index contributed by atoms with van der Waals surface area (Å²) in [5, 5.41) is 0. The van der Waals surface area contributed by atoms with Crippen LogP contribution >= 0.6 is 0 Å². The molecule has 0 unspecified atom stereocenters. The zero-order valence-corrected chi connectivity index (χ0v) is 10.8. The van der Waals surface area contributed by atoms with Gasteiger partial charge in [0.25, 0.3) is 0 Å². The van der Waals surface area contributed by atoms with E-state index in [-0.39, 0.29) is 11.9 Å². The molecule has 1 heterocycles. The van der Waals surface area contributed by atoms with Crippen molar-refractivity contribution >= 4 is 0 Å². The summed E-state index contributed by atoms with van der Waals surface area (Å²) in [6.45, 7) is 1.91. The molecule has 0 radical (unpaired) electrons. The fraction of sp³-hybridized carbons (Fsp3) is 0.333. The van der Waals surface area contributed by atoms with Crippen LogP contribution in [-0.4, -0.2) is 16.0 Å². The maximum Gasteiger partial charge on any atom is 0.132 e. The van der Waals surface area contributed by atoms with Crippen LogP contribution in [0.1, 0.15) is 30.3 Å². The second-order valence-electron chi connectivity index (χ2n) is 5.16. The third-order valence-electron chi connectivity index (χ3n) is 3.56. The SMILES string of the molecule is Cc1cc(-c2ccccc2F)nc(C2CC(N)C2)n1. The van der Waals surface area contributed by atoms with E-state index in [1.54, 1.807) is 12.1 Å². The van der Waals surface area contributed by atoms with Crippen molar-refractivity contribution in [2.75, 3.05) is 0 Å². The molecule has 2 N–H and O–H groups in total. The van der Waals surface area contributed by atoms with Gasteiger partial charge in [0.2, 0.25) is 0 Å². The molecule has 19 heavy (non-hydrogen) atoms. The van der Waals surface area contributed by atoms with E-state index in [1.807, 2.05) is 19.1 Å². The number of halogens is 1. The molecule has 0 spiro atoms. The van der Waals surface area contributed by atoms with Crippen molar-refractivity contribution in [3.05, 3.63) is 47.7 Å². The van der Waals surface area contributed by atoms with Crippen LogP contribution < -0.4 is 5.73 Å². The van der Waals surface area contributed by atoms with Gasteiger partial charge in [-0.1, -0.05) is 12.1 Å². The molecule has 4 heteroatoms. The Morgan fingerprint density at radius 1 is 1.21 bits per heavy atom. The highest BCUT2D eigenvalue weighted by atomic mass is 19.1. The van der Waals surface area contributed by atoms with Gasteiger partial charge in [-0.25, -0.2) is 14.4 Å². The summed E-state index contributed by atoms with van der Waals surface area (Å²) in [4.78, 5) is 8.97. The first kappa shape index (κ1) is 12.2. The van der Waals surface area contributed by atoms with E-state index in [0.29, 0.717) is 17.2 Å². The molecule has 1 aromatic carbocycles. The number of aromatic nitrogens is 2. The molecule has 1 fully saturated rings. The van der Waals surface area contributed by atoms with Crippen LogP contribution in [0.3, 0.4) is 0 Å². The van der Waals surface area contributed by atoms with Crippen LogP contribution in [0.2, 0.25) is 0 Å². The number of nitrogens with zero attached hydrogens (tertiary/aromatic N) is 2. The van der Waals surface area contributed by atoms with Gasteiger partial charge in [0.05, 0.1) is 5.69 Å². The molecule has 0 atom stereocenters. The summed E-state index contributed by atoms with van der Waals surface area (Å²) in [5.41, 5.74) is 7.85. The van der Waals surface area contributed by atoms with Crippen LogP contribution in [0, 0.1) is 12.7 Å². The zero-order chi connectivity index (χ0) is 13.4. The lowest BCUT2D eigenvalue weighted by Crippen LogP contribution is -2.35. The van der Waals surface area contributed by atoms with E-state index in [9.17, 15) is 4.39 Å². The zero-order valence-electron chi connectivity index (χ0n) is 10.8. The lowest BCUT2D eigenvalue weighted by molar-refractivity contribution is 0.338. The Hall–Kier alpha value is -1.81. The second-order valence-corrected chi connectivity index (χ2v) is 5.16. The second kappa shape index (κ2) is 4.70. The Morgan fingerprint density at radius 3 is 2.63 bits per heavy atom. The summed E-state index contributed by atoms with van der Waals surface area (Å²) in [6, 6.07) is 8.76. The van der Waals surface area contributed by atoms with E-state index in [0.717, 1.165) is 24.4 Å². The van der Waals surface area contributed by atoms with Crippen molar-refractivity contribution in [1.82, 2.24) is 9.97 Å². The average Bonchev–Trinajstić information content (AvgIpc) is 2.35. The smallest absolute Gasteiger partial charge is 0.132 e. The fourth-order valence-electron chi connectivity index (χ4n) is 2.45. The largest absolute Gasteiger partial charge is 0.328 e. The first-order chi connectivity index (χ1) is 9.13. The van der Waals surface area contributed by atoms with Gasteiger partial charge in [-0.3, -0.25) is 0 Å². The minimum Gasteiger partial charge on any atom is -0.328 e. The van der Waals surface area contributed by atoms with Crippen LogP contribution in [-0.2, 0) is 0 Å². The van der Waals surface area contributed by atoms with Crippen LogP contribution in [0.25, 0.3) is 11.3 Å². The van der Waals surface area contributed by atoms with Gasteiger partial charge in [0.1, 0.15) is 11.6 Å². The van der Waals surface area contributed by atoms with Crippen molar-refractivity contribution in [2.45, 2.75) is 31.7 Å². The Kier molecular flexibility index (Phi) is 3.03. The Labute approximate surface area is 111 Å². The van der Waals surface area contributed by atoms with Gasteiger partial charge in [0.15, 0.2) is 0 Å². The first-order valence-corrected chi connectivity index (χ1v) is 6.49. The summed E-state index contributed by atoms with van der Waals surface area (Å²) in [6.07, 6.45) is 1.83. The number of nitrogens with two attached hydrogens (primary N) is 1. The molecular formula is C15H16FN3. The Balaban J connectivity index is 2.01. The van der Waals surface area contributed by atoms with E-state index in [4.69, 9.17) is 5.73 Å². The number of hydrogen-bond donors (Lipinski definition) is 1. The maximum atomic E-state index is 13.8. The minimum absolute atomic E-state index is 0.253. The van der Waals surface area contributed by atoms with Crippen molar-refractivity contribution in [1.29, 1.82) is 0 Å². The molecule has 98 valence electrons. The van der Waals surface area contributed by atoms with Crippen molar-refractivity contribution in [3.8, 4) is 11.3 Å². The summed E-state index contributed by atoms with van der Waals surface area (Å²) in [5.74, 6) is 0.859. The molecule has 1 aliphatic carbocycles. The fourth-order valence-corrected chi connectivity index (χ4v) is 2.45. The third-order valence-corrected chi connectivity index (χ3v) is 3.56. The van der Waals surface area contributed by atoms with Crippen LogP contribution in [0.4, 0.5) is 4.39 Å². The van der Waals surface area contributed by atoms with E-state index in [1.165, 1.54) is 6.07 Å². The molecule has 1 saturated carbocycles. The van der Waals surface area contributed by atoms with E-state index >= 15 is 0 Å². The standard InChI is InChI=1S/C15H16FN3/c1-9-6-14(12-4-2-3-5-13(12)16)19-15(18-9)10-7-11(17)8-10/h2-6,10-11H,7-8,17H2,1H3. The normalized spacial score (nSPS) is 22.1. The molecule has 0 aliphatic heterocycles. The van der Waals surface area contributed by atoms with Crippen molar-refractivity contribution < 1.29 is 4.39 Å². The highest BCUT2D eigenvalue weighted by molar-refractivity contribution is 5.60. The molecule has 0 amide bonds. The molecule has 1 aromatic heterocycles. The van der Waals surface area contributed by atoms with Crippen molar-refractivity contribution in [2.24, 2.45) is 5.73 Å². The topological polar surface area (TPSA) is 51.8 Å². The van der Waals surface area contributed by atoms with Crippen LogP contribution in [0.15, 0.2) is 30.3 Å².